The van der Waals surface area contributed by atoms with Gasteiger partial charge < -0.3 is 39.0 Å². The van der Waals surface area contributed by atoms with E-state index in [1.807, 2.05) is 13.1 Å². The van der Waals surface area contributed by atoms with Crippen molar-refractivity contribution in [2.45, 2.75) is 12.3 Å². The number of phenols is 3. The van der Waals surface area contributed by atoms with Gasteiger partial charge in [0.15, 0.2) is 16.9 Å². The minimum atomic E-state index is -0.872. The van der Waals surface area contributed by atoms with Crippen molar-refractivity contribution in [2.75, 3.05) is 47.4 Å². The molecular formula is C31H32N2O8. The number of carbonyl (C=O) groups excluding carboxylic acids is 1. The summed E-state index contributed by atoms with van der Waals surface area (Å²) in [4.78, 5) is 30.9. The zero-order chi connectivity index (χ0) is 29.3. The van der Waals surface area contributed by atoms with Crippen molar-refractivity contribution in [3.63, 3.8) is 0 Å². The lowest BCUT2D eigenvalue weighted by Crippen LogP contribution is -2.47. The molecule has 4 aromatic rings. The number of likely N-dealkylation sites (N-methyl/N-ethyl adjacent to an activating group) is 1. The molecule has 1 saturated heterocycles. The molecule has 0 bridgehead atoms. The highest BCUT2D eigenvalue weighted by molar-refractivity contribution is 5.91. The second-order valence-corrected chi connectivity index (χ2v) is 10.1. The smallest absolute Gasteiger partial charge is 0.223 e. The SMILES string of the molecule is COc1cc(C(CC(=O)N2CCN(C)CC2)c2c(O)cc(O)c3c(=O)cc(-c4ccccc4)oc23)cc(OC)c1O. The predicted molar refractivity (Wildman–Crippen MR) is 153 cm³/mol. The van der Waals surface area contributed by atoms with Gasteiger partial charge in [-0.3, -0.25) is 9.59 Å². The Morgan fingerprint density at radius 2 is 1.56 bits per heavy atom. The third kappa shape index (κ3) is 5.38. The van der Waals surface area contributed by atoms with Gasteiger partial charge in [0.2, 0.25) is 11.7 Å². The van der Waals surface area contributed by atoms with Crippen LogP contribution in [0.3, 0.4) is 0 Å². The number of hydrogen-bond donors (Lipinski definition) is 3. The summed E-state index contributed by atoms with van der Waals surface area (Å²) in [6.07, 6.45) is -0.104. The molecule has 41 heavy (non-hydrogen) atoms. The lowest BCUT2D eigenvalue weighted by Gasteiger charge is -2.33. The number of aromatic hydroxyl groups is 3. The maximum atomic E-state index is 13.7. The predicted octanol–water partition coefficient (Wildman–Crippen LogP) is 3.89. The molecule has 0 radical (unpaired) electrons. The van der Waals surface area contributed by atoms with Gasteiger partial charge in [-0.15, -0.1) is 0 Å². The van der Waals surface area contributed by atoms with Crippen LogP contribution >= 0.6 is 0 Å². The van der Waals surface area contributed by atoms with E-state index in [-0.39, 0.29) is 57.6 Å². The second kappa shape index (κ2) is 11.4. The van der Waals surface area contributed by atoms with Gasteiger partial charge in [-0.2, -0.15) is 0 Å². The largest absolute Gasteiger partial charge is 0.507 e. The summed E-state index contributed by atoms with van der Waals surface area (Å²) in [6, 6.07) is 14.5. The van der Waals surface area contributed by atoms with Crippen molar-refractivity contribution < 1.29 is 34.0 Å². The lowest BCUT2D eigenvalue weighted by atomic mass is 9.85. The molecule has 10 heteroatoms. The summed E-state index contributed by atoms with van der Waals surface area (Å²) in [7, 11) is 4.77. The zero-order valence-corrected chi connectivity index (χ0v) is 23.1. The summed E-state index contributed by atoms with van der Waals surface area (Å²) >= 11 is 0. The molecule has 1 aliphatic rings. The molecule has 0 aliphatic carbocycles. The lowest BCUT2D eigenvalue weighted by molar-refractivity contribution is -0.133. The quantitative estimate of drug-likeness (QED) is 0.308. The van der Waals surface area contributed by atoms with Crippen LogP contribution in [-0.2, 0) is 4.79 Å². The van der Waals surface area contributed by atoms with E-state index in [9.17, 15) is 24.9 Å². The normalized spacial score (nSPS) is 14.7. The monoisotopic (exact) mass is 560 g/mol. The van der Waals surface area contributed by atoms with Crippen LogP contribution in [0.2, 0.25) is 0 Å². The number of carbonyl (C=O) groups is 1. The molecule has 3 N–H and O–H groups in total. The molecule has 1 fully saturated rings. The number of fused-ring (bicyclic) bond motifs is 1. The van der Waals surface area contributed by atoms with E-state index in [1.54, 1.807) is 41.3 Å². The van der Waals surface area contributed by atoms with Crippen LogP contribution < -0.4 is 14.9 Å². The standard InChI is InChI=1S/C31H32N2O8/c1-32-9-11-33(12-10-32)27(37)15-20(19-13-25(39-2)30(38)26(14-19)40-3)28-21(34)16-22(35)29-23(36)17-24(41-31(28)29)18-7-5-4-6-8-18/h4-8,13-14,16-17,20,34-35,38H,9-12,15H2,1-3H3. The average Bonchev–Trinajstić information content (AvgIpc) is 2.97. The second-order valence-electron chi connectivity index (χ2n) is 10.1. The summed E-state index contributed by atoms with van der Waals surface area (Å²) in [5, 5.41) is 32.4. The Morgan fingerprint density at radius 1 is 0.927 bits per heavy atom. The van der Waals surface area contributed by atoms with Gasteiger partial charge in [-0.1, -0.05) is 30.3 Å². The minimum absolute atomic E-state index is 0.0453. The highest BCUT2D eigenvalue weighted by Gasteiger charge is 2.31. The maximum Gasteiger partial charge on any atom is 0.223 e. The molecule has 5 rings (SSSR count). The molecule has 10 nitrogen and oxygen atoms in total. The van der Waals surface area contributed by atoms with E-state index >= 15 is 0 Å². The fourth-order valence-corrected chi connectivity index (χ4v) is 5.26. The number of benzene rings is 3. The number of methoxy groups -OCH3 is 2. The highest BCUT2D eigenvalue weighted by Crippen LogP contribution is 2.46. The first-order chi connectivity index (χ1) is 19.7. The van der Waals surface area contributed by atoms with Crippen LogP contribution in [-0.4, -0.2) is 78.5 Å². The third-order valence-electron chi connectivity index (χ3n) is 7.54. The van der Waals surface area contributed by atoms with E-state index < -0.39 is 17.1 Å². The summed E-state index contributed by atoms with van der Waals surface area (Å²) in [5.74, 6) is -1.62. The Hall–Kier alpha value is -4.70. The fraction of sp³-hybridized carbons (Fsp3) is 0.290. The molecule has 0 spiro atoms. The maximum absolute atomic E-state index is 13.7. The van der Waals surface area contributed by atoms with Gasteiger partial charge >= 0.3 is 0 Å². The summed E-state index contributed by atoms with van der Waals surface area (Å²) < 4.78 is 17.0. The van der Waals surface area contributed by atoms with Gasteiger partial charge in [0.05, 0.1) is 14.2 Å². The van der Waals surface area contributed by atoms with Crippen LogP contribution in [0.5, 0.6) is 28.7 Å². The van der Waals surface area contributed by atoms with Crippen molar-refractivity contribution in [2.24, 2.45) is 0 Å². The molecule has 1 aromatic heterocycles. The van der Waals surface area contributed by atoms with Crippen LogP contribution in [0.25, 0.3) is 22.3 Å². The Labute approximate surface area is 236 Å². The number of nitrogens with zero attached hydrogens (tertiary/aromatic N) is 2. The number of amides is 1. The Kier molecular flexibility index (Phi) is 7.76. The molecule has 0 saturated carbocycles. The molecule has 1 aliphatic heterocycles. The van der Waals surface area contributed by atoms with Crippen molar-refractivity contribution in [3.05, 3.63) is 75.9 Å². The van der Waals surface area contributed by atoms with Gasteiger partial charge in [0.25, 0.3) is 0 Å². The number of piperazine rings is 1. The Bertz CT molecular complexity index is 1620. The van der Waals surface area contributed by atoms with E-state index in [0.29, 0.717) is 24.2 Å². The number of hydrogen-bond acceptors (Lipinski definition) is 9. The first-order valence-electron chi connectivity index (χ1n) is 13.2. The molecule has 214 valence electrons. The van der Waals surface area contributed by atoms with Crippen molar-refractivity contribution >= 4 is 16.9 Å². The minimum Gasteiger partial charge on any atom is -0.507 e. The van der Waals surface area contributed by atoms with E-state index in [2.05, 4.69) is 4.90 Å². The van der Waals surface area contributed by atoms with E-state index in [1.165, 1.54) is 20.3 Å². The molecule has 1 amide bonds. The van der Waals surface area contributed by atoms with Crippen molar-refractivity contribution in [1.82, 2.24) is 9.80 Å². The number of rotatable bonds is 7. The molecular weight excluding hydrogens is 528 g/mol. The fourth-order valence-electron chi connectivity index (χ4n) is 5.26. The zero-order valence-electron chi connectivity index (χ0n) is 23.1. The molecule has 1 unspecified atom stereocenters. The van der Waals surface area contributed by atoms with Crippen LogP contribution in [0.4, 0.5) is 0 Å². The Balaban J connectivity index is 1.75. The van der Waals surface area contributed by atoms with Crippen LogP contribution in [0, 0.1) is 0 Å². The number of phenolic OH excluding ortho intramolecular Hbond substituents is 3. The van der Waals surface area contributed by atoms with Crippen LogP contribution in [0.1, 0.15) is 23.5 Å². The average molecular weight is 561 g/mol. The first kappa shape index (κ1) is 27.9. The summed E-state index contributed by atoms with van der Waals surface area (Å²) in [6.45, 7) is 2.53. The third-order valence-corrected chi connectivity index (χ3v) is 7.54. The molecule has 1 atom stereocenters. The van der Waals surface area contributed by atoms with Crippen molar-refractivity contribution in [1.29, 1.82) is 0 Å². The van der Waals surface area contributed by atoms with Crippen LogP contribution in [0.15, 0.2) is 63.8 Å². The summed E-state index contributed by atoms with van der Waals surface area (Å²) in [5.41, 5.74) is 0.683. The van der Waals surface area contributed by atoms with Gasteiger partial charge in [0.1, 0.15) is 28.2 Å². The first-order valence-corrected chi connectivity index (χ1v) is 13.2. The highest BCUT2D eigenvalue weighted by atomic mass is 16.5. The van der Waals surface area contributed by atoms with E-state index in [0.717, 1.165) is 19.2 Å². The Morgan fingerprint density at radius 3 is 2.17 bits per heavy atom. The molecule has 2 heterocycles. The molecule has 3 aromatic carbocycles. The number of ether oxygens (including phenoxy) is 2. The van der Waals surface area contributed by atoms with Gasteiger partial charge in [0, 0.05) is 61.8 Å². The van der Waals surface area contributed by atoms with Gasteiger partial charge in [-0.25, -0.2) is 0 Å². The van der Waals surface area contributed by atoms with Gasteiger partial charge in [-0.05, 0) is 24.7 Å². The van der Waals surface area contributed by atoms with Crippen molar-refractivity contribution in [3.8, 4) is 40.1 Å². The van der Waals surface area contributed by atoms with E-state index in [4.69, 9.17) is 13.9 Å². The topological polar surface area (TPSA) is 133 Å².